The largest absolute Gasteiger partial charge is 0.332 e. The van der Waals surface area contributed by atoms with Crippen molar-refractivity contribution in [1.82, 2.24) is 20.0 Å². The number of halogens is 2. The molecule has 134 valence electrons. The van der Waals surface area contributed by atoms with Crippen LogP contribution < -0.4 is 10.7 Å². The van der Waals surface area contributed by atoms with E-state index in [4.69, 9.17) is 0 Å². The highest BCUT2D eigenvalue weighted by molar-refractivity contribution is 5.92. The number of aryl methyl sites for hydroxylation is 1. The predicted molar refractivity (Wildman–Crippen MR) is 95.1 cm³/mol. The molecule has 1 aromatic heterocycles. The van der Waals surface area contributed by atoms with Crippen LogP contribution in [0.25, 0.3) is 5.69 Å². The first kappa shape index (κ1) is 19.1. The molecular formula is C17H20ClFN4O2. The molecule has 25 heavy (non-hydrogen) atoms. The summed E-state index contributed by atoms with van der Waals surface area (Å²) in [7, 11) is 0. The molecule has 6 nitrogen and oxygen atoms in total. The second kappa shape index (κ2) is 7.76. The third-order valence-corrected chi connectivity index (χ3v) is 4.15. The number of aromatic nitrogens is 2. The van der Waals surface area contributed by atoms with Crippen molar-refractivity contribution in [3.05, 3.63) is 57.8 Å². The van der Waals surface area contributed by atoms with Crippen molar-refractivity contribution >= 4 is 18.3 Å². The van der Waals surface area contributed by atoms with E-state index in [0.717, 1.165) is 0 Å². The maximum atomic E-state index is 14.1. The monoisotopic (exact) mass is 366 g/mol. The SMILES string of the molecule is Cc1cc(=O)c(C(=O)N2CCNC[C@H]2C)nn1-c1ccccc1F.Cl. The molecule has 1 fully saturated rings. The lowest BCUT2D eigenvalue weighted by Crippen LogP contribution is -2.53. The van der Waals surface area contributed by atoms with Gasteiger partial charge in [0.1, 0.15) is 11.5 Å². The fourth-order valence-corrected chi connectivity index (χ4v) is 2.84. The molecule has 1 aliphatic rings. The fraction of sp³-hybridized carbons (Fsp3) is 0.353. The lowest BCUT2D eigenvalue weighted by atomic mass is 10.2. The average molecular weight is 367 g/mol. The highest BCUT2D eigenvalue weighted by atomic mass is 35.5. The van der Waals surface area contributed by atoms with Gasteiger partial charge >= 0.3 is 0 Å². The molecule has 0 spiro atoms. The Labute approximate surface area is 151 Å². The van der Waals surface area contributed by atoms with Gasteiger partial charge in [-0.15, -0.1) is 12.4 Å². The highest BCUT2D eigenvalue weighted by Gasteiger charge is 2.27. The zero-order chi connectivity index (χ0) is 17.3. The van der Waals surface area contributed by atoms with Crippen LogP contribution >= 0.6 is 12.4 Å². The minimum absolute atomic E-state index is 0. The van der Waals surface area contributed by atoms with Crippen molar-refractivity contribution in [2.24, 2.45) is 0 Å². The zero-order valence-corrected chi connectivity index (χ0v) is 14.8. The number of amides is 1. The van der Waals surface area contributed by atoms with Crippen molar-refractivity contribution in [2.75, 3.05) is 19.6 Å². The van der Waals surface area contributed by atoms with E-state index in [0.29, 0.717) is 25.3 Å². The minimum atomic E-state index is -0.467. The van der Waals surface area contributed by atoms with Gasteiger partial charge in [-0.1, -0.05) is 12.1 Å². The number of nitrogens with one attached hydrogen (secondary N) is 1. The summed E-state index contributed by atoms with van der Waals surface area (Å²) in [5.74, 6) is -0.884. The molecule has 1 aliphatic heterocycles. The highest BCUT2D eigenvalue weighted by Crippen LogP contribution is 2.14. The number of piperazine rings is 1. The Balaban J connectivity index is 0.00000225. The minimum Gasteiger partial charge on any atom is -0.332 e. The van der Waals surface area contributed by atoms with E-state index < -0.39 is 17.2 Å². The van der Waals surface area contributed by atoms with Crippen LogP contribution in [0.3, 0.4) is 0 Å². The molecule has 2 aromatic rings. The van der Waals surface area contributed by atoms with Crippen molar-refractivity contribution in [3.8, 4) is 5.69 Å². The van der Waals surface area contributed by atoms with Crippen LogP contribution in [0.2, 0.25) is 0 Å². The number of rotatable bonds is 2. The van der Waals surface area contributed by atoms with E-state index in [-0.39, 0.29) is 29.8 Å². The summed E-state index contributed by atoms with van der Waals surface area (Å²) in [5.41, 5.74) is 0.0424. The van der Waals surface area contributed by atoms with Crippen LogP contribution in [0, 0.1) is 12.7 Å². The first-order valence-electron chi connectivity index (χ1n) is 7.86. The normalized spacial score (nSPS) is 17.1. The summed E-state index contributed by atoms with van der Waals surface area (Å²) in [6, 6.07) is 7.41. The van der Waals surface area contributed by atoms with E-state index >= 15 is 0 Å². The summed E-state index contributed by atoms with van der Waals surface area (Å²) >= 11 is 0. The molecule has 0 unspecified atom stereocenters. The number of nitrogens with zero attached hydrogens (tertiary/aromatic N) is 3. The average Bonchev–Trinajstić information content (AvgIpc) is 2.56. The number of para-hydroxylation sites is 1. The molecule has 1 N–H and O–H groups in total. The first-order valence-corrected chi connectivity index (χ1v) is 7.86. The van der Waals surface area contributed by atoms with Gasteiger partial charge in [0.25, 0.3) is 5.91 Å². The maximum absolute atomic E-state index is 14.1. The van der Waals surface area contributed by atoms with Crippen LogP contribution in [-0.2, 0) is 0 Å². The van der Waals surface area contributed by atoms with Crippen LogP contribution in [-0.4, -0.2) is 46.3 Å². The van der Waals surface area contributed by atoms with Crippen LogP contribution in [0.5, 0.6) is 0 Å². The summed E-state index contributed by atoms with van der Waals surface area (Å²) in [6.07, 6.45) is 0. The van der Waals surface area contributed by atoms with Gasteiger partial charge in [0.2, 0.25) is 5.43 Å². The Morgan fingerprint density at radius 1 is 1.36 bits per heavy atom. The molecule has 3 rings (SSSR count). The third-order valence-electron chi connectivity index (χ3n) is 4.15. The lowest BCUT2D eigenvalue weighted by Gasteiger charge is -2.33. The Hall–Kier alpha value is -2.25. The topological polar surface area (TPSA) is 67.2 Å². The second-order valence-electron chi connectivity index (χ2n) is 5.91. The molecule has 0 bridgehead atoms. The molecule has 1 atom stereocenters. The van der Waals surface area contributed by atoms with Gasteiger partial charge in [-0.2, -0.15) is 5.10 Å². The van der Waals surface area contributed by atoms with E-state index in [9.17, 15) is 14.0 Å². The van der Waals surface area contributed by atoms with Gasteiger partial charge in [-0.3, -0.25) is 9.59 Å². The first-order chi connectivity index (χ1) is 11.5. The van der Waals surface area contributed by atoms with Crippen molar-refractivity contribution < 1.29 is 9.18 Å². The smallest absolute Gasteiger partial charge is 0.278 e. The Kier molecular flexibility index (Phi) is 5.92. The maximum Gasteiger partial charge on any atom is 0.278 e. The lowest BCUT2D eigenvalue weighted by molar-refractivity contribution is 0.0646. The molecule has 8 heteroatoms. The number of benzene rings is 1. The van der Waals surface area contributed by atoms with Crippen molar-refractivity contribution in [1.29, 1.82) is 0 Å². The molecule has 1 aromatic carbocycles. The van der Waals surface area contributed by atoms with E-state index in [2.05, 4.69) is 10.4 Å². The molecular weight excluding hydrogens is 347 g/mol. The Morgan fingerprint density at radius 2 is 2.08 bits per heavy atom. The van der Waals surface area contributed by atoms with Gasteiger partial charge in [-0.05, 0) is 26.0 Å². The van der Waals surface area contributed by atoms with Gasteiger partial charge in [-0.25, -0.2) is 9.07 Å². The summed E-state index contributed by atoms with van der Waals surface area (Å²) in [6.45, 7) is 5.41. The van der Waals surface area contributed by atoms with Crippen molar-refractivity contribution in [3.63, 3.8) is 0 Å². The molecule has 0 radical (unpaired) electrons. The van der Waals surface area contributed by atoms with Gasteiger partial charge < -0.3 is 10.2 Å². The zero-order valence-electron chi connectivity index (χ0n) is 14.0. The van der Waals surface area contributed by atoms with E-state index in [1.165, 1.54) is 16.8 Å². The summed E-state index contributed by atoms with van der Waals surface area (Å²) in [5, 5.41) is 7.36. The molecule has 1 saturated heterocycles. The van der Waals surface area contributed by atoms with E-state index in [1.54, 1.807) is 30.0 Å². The van der Waals surface area contributed by atoms with Crippen LogP contribution in [0.15, 0.2) is 35.1 Å². The van der Waals surface area contributed by atoms with Crippen molar-refractivity contribution in [2.45, 2.75) is 19.9 Å². The van der Waals surface area contributed by atoms with Crippen LogP contribution in [0.1, 0.15) is 23.1 Å². The second-order valence-corrected chi connectivity index (χ2v) is 5.91. The number of hydrogen-bond acceptors (Lipinski definition) is 4. The van der Waals surface area contributed by atoms with Gasteiger partial charge in [0.05, 0.1) is 0 Å². The van der Waals surface area contributed by atoms with Gasteiger partial charge in [0, 0.05) is 37.4 Å². The Bertz CT molecular complexity index is 840. The number of hydrogen-bond donors (Lipinski definition) is 1. The fourth-order valence-electron chi connectivity index (χ4n) is 2.84. The molecule has 2 heterocycles. The predicted octanol–water partition coefficient (Wildman–Crippen LogP) is 1.54. The quantitative estimate of drug-likeness (QED) is 0.875. The van der Waals surface area contributed by atoms with Crippen LogP contribution in [0.4, 0.5) is 4.39 Å². The number of carbonyl (C=O) groups excluding carboxylic acids is 1. The van der Waals surface area contributed by atoms with Gasteiger partial charge in [0.15, 0.2) is 5.69 Å². The molecule has 0 saturated carbocycles. The molecule has 1 amide bonds. The summed E-state index contributed by atoms with van der Waals surface area (Å²) < 4.78 is 15.4. The standard InChI is InChI=1S/C17H19FN4O2.ClH/c1-11-9-15(23)16(17(24)21-8-7-19-10-12(21)2)20-22(11)14-6-4-3-5-13(14)18;/h3-6,9,12,19H,7-8,10H2,1-2H3;1H/t12-;/m1./s1. The van der Waals surface area contributed by atoms with E-state index in [1.807, 2.05) is 6.92 Å². The Morgan fingerprint density at radius 3 is 2.76 bits per heavy atom. The molecule has 0 aliphatic carbocycles. The number of carbonyl (C=O) groups is 1. The summed E-state index contributed by atoms with van der Waals surface area (Å²) in [4.78, 5) is 26.6. The third kappa shape index (κ3) is 3.72.